The first-order valence-corrected chi connectivity index (χ1v) is 11.4. The van der Waals surface area contributed by atoms with Crippen LogP contribution in [0.4, 0.5) is 0 Å². The molecule has 2 aromatic carbocycles. The Morgan fingerprint density at radius 1 is 1.11 bits per heavy atom. The second kappa shape index (κ2) is 9.26. The molecule has 4 rings (SSSR count). The molecule has 2 aliphatic rings. The molecule has 150 valence electrons. The van der Waals surface area contributed by atoms with E-state index < -0.39 is 0 Å². The number of nitrogens with zero attached hydrogens (tertiary/aromatic N) is 1. The number of piperidine rings is 1. The lowest BCUT2D eigenvalue weighted by atomic mass is 9.93. The van der Waals surface area contributed by atoms with Gasteiger partial charge in [0.2, 0.25) is 0 Å². The Hall–Kier alpha value is -0.920. The standard InChI is InChI=1S/C22H26Br2N2O2/c1-25-18-6-8-26(9-7-18)22-19-4-2-3-5-20(19)28-14-21(22)27-13-15-10-16(23)12-17(24)11-15/h2-5,10-12,18,21-22,25H,6-9,13-14H2,1H3. The number of rotatable bonds is 5. The van der Waals surface area contributed by atoms with Gasteiger partial charge in [0.25, 0.3) is 0 Å². The maximum absolute atomic E-state index is 6.43. The van der Waals surface area contributed by atoms with Gasteiger partial charge in [0, 0.05) is 33.6 Å². The maximum atomic E-state index is 6.43. The summed E-state index contributed by atoms with van der Waals surface area (Å²) < 4.78 is 14.6. The summed E-state index contributed by atoms with van der Waals surface area (Å²) in [5, 5.41) is 3.42. The fourth-order valence-corrected chi connectivity index (χ4v) is 5.64. The molecule has 4 nitrogen and oxygen atoms in total. The van der Waals surface area contributed by atoms with Gasteiger partial charge >= 0.3 is 0 Å². The van der Waals surface area contributed by atoms with Crippen LogP contribution in [-0.2, 0) is 11.3 Å². The first-order valence-electron chi connectivity index (χ1n) is 9.83. The van der Waals surface area contributed by atoms with Crippen LogP contribution in [0.1, 0.15) is 30.0 Å². The smallest absolute Gasteiger partial charge is 0.124 e. The maximum Gasteiger partial charge on any atom is 0.124 e. The Labute approximate surface area is 183 Å². The molecule has 0 aliphatic carbocycles. The summed E-state index contributed by atoms with van der Waals surface area (Å²) in [6.45, 7) is 3.31. The van der Waals surface area contributed by atoms with Gasteiger partial charge in [-0.1, -0.05) is 50.1 Å². The van der Waals surface area contributed by atoms with Crippen molar-refractivity contribution in [3.63, 3.8) is 0 Å². The number of benzene rings is 2. The summed E-state index contributed by atoms with van der Waals surface area (Å²) in [7, 11) is 2.06. The predicted octanol–water partition coefficient (Wildman–Crippen LogP) is 4.91. The number of halogens is 2. The average Bonchev–Trinajstić information content (AvgIpc) is 2.71. The summed E-state index contributed by atoms with van der Waals surface area (Å²) in [6.07, 6.45) is 2.35. The molecule has 1 saturated heterocycles. The molecule has 0 amide bonds. The van der Waals surface area contributed by atoms with Crippen molar-refractivity contribution in [1.82, 2.24) is 10.2 Å². The summed E-state index contributed by atoms with van der Waals surface area (Å²) in [5.41, 5.74) is 2.39. The third kappa shape index (κ3) is 4.62. The minimum atomic E-state index is 0.0128. The molecular formula is C22H26Br2N2O2. The van der Waals surface area contributed by atoms with E-state index in [9.17, 15) is 0 Å². The highest BCUT2D eigenvalue weighted by Crippen LogP contribution is 2.39. The molecule has 2 heterocycles. The number of ether oxygens (including phenoxy) is 2. The fourth-order valence-electron chi connectivity index (χ4n) is 4.25. The third-order valence-corrected chi connectivity index (χ3v) is 6.63. The molecule has 0 saturated carbocycles. The summed E-state index contributed by atoms with van der Waals surface area (Å²) >= 11 is 7.13. The Morgan fingerprint density at radius 3 is 2.54 bits per heavy atom. The van der Waals surface area contributed by atoms with Crippen LogP contribution in [0.2, 0.25) is 0 Å². The van der Waals surface area contributed by atoms with Gasteiger partial charge in [-0.3, -0.25) is 4.90 Å². The van der Waals surface area contributed by atoms with E-state index in [4.69, 9.17) is 9.47 Å². The SMILES string of the molecule is CNC1CCN(C2c3ccccc3OCC2OCc2cc(Br)cc(Br)c2)CC1. The summed E-state index contributed by atoms with van der Waals surface area (Å²) in [4.78, 5) is 2.58. The van der Waals surface area contributed by atoms with Crippen LogP contribution in [0, 0.1) is 0 Å². The molecule has 0 radical (unpaired) electrons. The second-order valence-corrected chi connectivity index (χ2v) is 9.35. The minimum Gasteiger partial charge on any atom is -0.490 e. The number of nitrogens with one attached hydrogen (secondary N) is 1. The zero-order valence-electron chi connectivity index (χ0n) is 16.0. The Kier molecular flexibility index (Phi) is 6.74. The largest absolute Gasteiger partial charge is 0.490 e. The van der Waals surface area contributed by atoms with Crippen molar-refractivity contribution in [3.8, 4) is 5.75 Å². The number of fused-ring (bicyclic) bond motifs is 1. The van der Waals surface area contributed by atoms with Gasteiger partial charge in [0.1, 0.15) is 18.5 Å². The Bertz CT molecular complexity index is 789. The topological polar surface area (TPSA) is 33.7 Å². The van der Waals surface area contributed by atoms with Crippen LogP contribution in [0.5, 0.6) is 5.75 Å². The molecule has 2 unspecified atom stereocenters. The zero-order valence-corrected chi connectivity index (χ0v) is 19.2. The van der Waals surface area contributed by atoms with E-state index in [1.807, 2.05) is 12.1 Å². The first-order chi connectivity index (χ1) is 13.6. The molecule has 2 aliphatic heterocycles. The summed E-state index contributed by atoms with van der Waals surface area (Å²) in [6, 6.07) is 15.5. The highest BCUT2D eigenvalue weighted by Gasteiger charge is 2.37. The monoisotopic (exact) mass is 508 g/mol. The molecule has 0 aromatic heterocycles. The Morgan fingerprint density at radius 2 is 1.82 bits per heavy atom. The molecule has 28 heavy (non-hydrogen) atoms. The van der Waals surface area contributed by atoms with E-state index in [1.165, 1.54) is 18.4 Å². The van der Waals surface area contributed by atoms with Gasteiger partial charge in [-0.15, -0.1) is 0 Å². The van der Waals surface area contributed by atoms with Crippen LogP contribution < -0.4 is 10.1 Å². The lowest BCUT2D eigenvalue weighted by Gasteiger charge is -2.43. The van der Waals surface area contributed by atoms with Crippen LogP contribution >= 0.6 is 31.9 Å². The normalized spacial score (nSPS) is 23.2. The van der Waals surface area contributed by atoms with Gasteiger partial charge in [-0.05, 0) is 49.7 Å². The predicted molar refractivity (Wildman–Crippen MR) is 119 cm³/mol. The molecular weight excluding hydrogens is 484 g/mol. The minimum absolute atomic E-state index is 0.0128. The first kappa shape index (κ1) is 20.4. The molecule has 0 bridgehead atoms. The Balaban J connectivity index is 1.53. The van der Waals surface area contributed by atoms with Crippen LogP contribution in [0.15, 0.2) is 51.4 Å². The van der Waals surface area contributed by atoms with E-state index >= 15 is 0 Å². The van der Waals surface area contributed by atoms with Gasteiger partial charge < -0.3 is 14.8 Å². The van der Waals surface area contributed by atoms with Gasteiger partial charge in [0.05, 0.1) is 12.6 Å². The molecule has 0 spiro atoms. The highest BCUT2D eigenvalue weighted by atomic mass is 79.9. The summed E-state index contributed by atoms with van der Waals surface area (Å²) in [5.74, 6) is 0.994. The zero-order chi connectivity index (χ0) is 19.5. The molecule has 1 N–H and O–H groups in total. The lowest BCUT2D eigenvalue weighted by Crippen LogP contribution is -2.49. The van der Waals surface area contributed by atoms with E-state index in [2.05, 4.69) is 79.5 Å². The van der Waals surface area contributed by atoms with E-state index in [1.54, 1.807) is 0 Å². The van der Waals surface area contributed by atoms with Crippen LogP contribution in [0.25, 0.3) is 0 Å². The van der Waals surface area contributed by atoms with Crippen molar-refractivity contribution in [1.29, 1.82) is 0 Å². The lowest BCUT2D eigenvalue weighted by molar-refractivity contribution is -0.0645. The number of para-hydroxylation sites is 1. The van der Waals surface area contributed by atoms with Crippen molar-refractivity contribution >= 4 is 31.9 Å². The van der Waals surface area contributed by atoms with Crippen molar-refractivity contribution in [2.24, 2.45) is 0 Å². The van der Waals surface area contributed by atoms with Crippen LogP contribution in [0.3, 0.4) is 0 Å². The van der Waals surface area contributed by atoms with E-state index in [-0.39, 0.29) is 12.1 Å². The molecule has 2 atom stereocenters. The quantitative estimate of drug-likeness (QED) is 0.620. The molecule has 6 heteroatoms. The van der Waals surface area contributed by atoms with Crippen LogP contribution in [-0.4, -0.2) is 43.8 Å². The molecule has 2 aromatic rings. The number of hydrogen-bond donors (Lipinski definition) is 1. The van der Waals surface area contributed by atoms with Crippen molar-refractivity contribution < 1.29 is 9.47 Å². The van der Waals surface area contributed by atoms with Crippen molar-refractivity contribution in [3.05, 3.63) is 62.5 Å². The third-order valence-electron chi connectivity index (χ3n) is 5.71. The highest BCUT2D eigenvalue weighted by molar-refractivity contribution is 9.11. The fraction of sp³-hybridized carbons (Fsp3) is 0.455. The second-order valence-electron chi connectivity index (χ2n) is 7.52. The number of hydrogen-bond acceptors (Lipinski definition) is 4. The van der Waals surface area contributed by atoms with Gasteiger partial charge in [0.15, 0.2) is 0 Å². The number of likely N-dealkylation sites (tertiary alicyclic amines) is 1. The van der Waals surface area contributed by atoms with Gasteiger partial charge in [-0.25, -0.2) is 0 Å². The van der Waals surface area contributed by atoms with Gasteiger partial charge in [-0.2, -0.15) is 0 Å². The van der Waals surface area contributed by atoms with Crippen molar-refractivity contribution in [2.45, 2.75) is 37.6 Å². The van der Waals surface area contributed by atoms with E-state index in [0.29, 0.717) is 19.3 Å². The van der Waals surface area contributed by atoms with Crippen molar-refractivity contribution in [2.75, 3.05) is 26.7 Å². The average molecular weight is 510 g/mol. The van der Waals surface area contributed by atoms with E-state index in [0.717, 1.165) is 33.3 Å². The molecule has 1 fully saturated rings.